The summed E-state index contributed by atoms with van der Waals surface area (Å²) in [6.07, 6.45) is 2.49. The lowest BCUT2D eigenvalue weighted by molar-refractivity contribution is 0.103. The van der Waals surface area contributed by atoms with Crippen LogP contribution >= 0.6 is 0 Å². The fraction of sp³-hybridized carbons (Fsp3) is 0.440. The van der Waals surface area contributed by atoms with Gasteiger partial charge in [-0.2, -0.15) is 0 Å². The van der Waals surface area contributed by atoms with Crippen molar-refractivity contribution in [3.8, 4) is 17.2 Å². The van der Waals surface area contributed by atoms with Crippen molar-refractivity contribution in [2.75, 3.05) is 40.0 Å². The van der Waals surface area contributed by atoms with Gasteiger partial charge in [0.25, 0.3) is 0 Å². The highest BCUT2D eigenvalue weighted by Gasteiger charge is 2.29. The summed E-state index contributed by atoms with van der Waals surface area (Å²) in [5.74, 6) is 0.500. The lowest BCUT2D eigenvalue weighted by atomic mass is 10.0. The minimum atomic E-state index is -1.09. The van der Waals surface area contributed by atoms with Gasteiger partial charge in [-0.3, -0.25) is 14.9 Å². The summed E-state index contributed by atoms with van der Waals surface area (Å²) in [4.78, 5) is 10.2. The first-order valence-corrected chi connectivity index (χ1v) is 11.7. The number of piperidine rings is 1. The molecule has 0 unspecified atom stereocenters. The number of methoxy groups -OCH3 is 1. The predicted octanol–water partition coefficient (Wildman–Crippen LogP) is 3.43. The standard InChI is InChI=1S/C25H27F3N4O3/c1-33-16-9-18-17(20(27)12-31-25(18)19(26)10-16)2-4-32-5-3-22(21(28)14-32)30-11-15-8-23-24(13-29-15)35-7-6-34-23/h8-10,12-13,21-22,30H,2-7,11,14H2,1H3/t21-,22+/m0/s1. The maximum absolute atomic E-state index is 15.0. The SMILES string of the molecule is COc1cc(F)c2ncc(F)c(CCN3CC[C@@H](NCc4cc5c(cn4)OCCO5)[C@@H](F)C3)c2c1. The van der Waals surface area contributed by atoms with E-state index in [1.54, 1.807) is 12.3 Å². The molecule has 2 aliphatic heterocycles. The fourth-order valence-electron chi connectivity index (χ4n) is 4.63. The van der Waals surface area contributed by atoms with Crippen LogP contribution in [0.25, 0.3) is 10.9 Å². The molecule has 5 rings (SSSR count). The zero-order chi connectivity index (χ0) is 24.4. The van der Waals surface area contributed by atoms with E-state index in [1.807, 2.05) is 11.0 Å². The van der Waals surface area contributed by atoms with Crippen LogP contribution in [-0.2, 0) is 13.0 Å². The van der Waals surface area contributed by atoms with Crippen LogP contribution in [0.1, 0.15) is 17.7 Å². The Labute approximate surface area is 201 Å². The van der Waals surface area contributed by atoms with Gasteiger partial charge in [-0.25, -0.2) is 13.2 Å². The van der Waals surface area contributed by atoms with Crippen molar-refractivity contribution in [3.63, 3.8) is 0 Å². The molecule has 1 aromatic carbocycles. The summed E-state index contributed by atoms with van der Waals surface area (Å²) >= 11 is 0. The molecule has 10 heteroatoms. The van der Waals surface area contributed by atoms with Crippen LogP contribution in [0.15, 0.2) is 30.6 Å². The quantitative estimate of drug-likeness (QED) is 0.547. The Bertz CT molecular complexity index is 1210. The Hall–Kier alpha value is -3.11. The number of alkyl halides is 1. The first-order chi connectivity index (χ1) is 17.0. The average Bonchev–Trinajstić information content (AvgIpc) is 2.87. The van der Waals surface area contributed by atoms with E-state index < -0.39 is 17.8 Å². The van der Waals surface area contributed by atoms with Crippen molar-refractivity contribution in [2.24, 2.45) is 0 Å². The Morgan fingerprint density at radius 3 is 2.71 bits per heavy atom. The highest BCUT2D eigenvalue weighted by Crippen LogP contribution is 2.30. The van der Waals surface area contributed by atoms with Gasteiger partial charge in [-0.05, 0) is 25.5 Å². The predicted molar refractivity (Wildman–Crippen MR) is 124 cm³/mol. The number of likely N-dealkylation sites (tertiary alicyclic amines) is 1. The van der Waals surface area contributed by atoms with E-state index in [0.29, 0.717) is 73.9 Å². The zero-order valence-corrected chi connectivity index (χ0v) is 19.4. The number of hydrogen-bond acceptors (Lipinski definition) is 7. The summed E-state index contributed by atoms with van der Waals surface area (Å²) in [5, 5.41) is 3.63. The molecule has 4 heterocycles. The molecular formula is C25H27F3N4O3. The summed E-state index contributed by atoms with van der Waals surface area (Å²) < 4.78 is 60.1. The van der Waals surface area contributed by atoms with Gasteiger partial charge >= 0.3 is 0 Å². The number of rotatable bonds is 7. The topological polar surface area (TPSA) is 68.7 Å². The number of fused-ring (bicyclic) bond motifs is 2. The van der Waals surface area contributed by atoms with Crippen molar-refractivity contribution in [1.82, 2.24) is 20.2 Å². The van der Waals surface area contributed by atoms with Crippen LogP contribution in [0.2, 0.25) is 0 Å². The number of nitrogens with zero attached hydrogens (tertiary/aromatic N) is 3. The number of halogens is 3. The maximum Gasteiger partial charge on any atom is 0.179 e. The monoisotopic (exact) mass is 488 g/mol. The summed E-state index contributed by atoms with van der Waals surface area (Å²) in [7, 11) is 1.43. The van der Waals surface area contributed by atoms with E-state index in [0.717, 1.165) is 11.9 Å². The van der Waals surface area contributed by atoms with Crippen molar-refractivity contribution < 1.29 is 27.4 Å². The smallest absolute Gasteiger partial charge is 0.179 e. The van der Waals surface area contributed by atoms with Gasteiger partial charge in [0.05, 0.1) is 25.2 Å². The molecule has 2 atom stereocenters. The van der Waals surface area contributed by atoms with Crippen molar-refractivity contribution >= 4 is 10.9 Å². The number of pyridine rings is 2. The Morgan fingerprint density at radius 1 is 1.09 bits per heavy atom. The zero-order valence-electron chi connectivity index (χ0n) is 19.4. The van der Waals surface area contributed by atoms with Crippen molar-refractivity contribution in [3.05, 3.63) is 53.5 Å². The summed E-state index contributed by atoms with van der Waals surface area (Å²) in [6.45, 7) is 2.76. The normalized spacial score (nSPS) is 20.2. The number of aromatic nitrogens is 2. The molecule has 1 N–H and O–H groups in total. The molecule has 7 nitrogen and oxygen atoms in total. The maximum atomic E-state index is 15.0. The van der Waals surface area contributed by atoms with E-state index in [1.165, 1.54) is 13.2 Å². The second-order valence-electron chi connectivity index (χ2n) is 8.75. The number of benzene rings is 1. The summed E-state index contributed by atoms with van der Waals surface area (Å²) in [6, 6.07) is 4.32. The third kappa shape index (κ3) is 5.13. The van der Waals surface area contributed by atoms with Crippen LogP contribution in [0, 0.1) is 11.6 Å². The molecule has 0 spiro atoms. The molecule has 1 fully saturated rings. The molecule has 0 saturated carbocycles. The minimum absolute atomic E-state index is 0.0984. The van der Waals surface area contributed by atoms with Gasteiger partial charge < -0.3 is 19.5 Å². The van der Waals surface area contributed by atoms with Gasteiger partial charge in [-0.1, -0.05) is 0 Å². The molecule has 3 aromatic rings. The van der Waals surface area contributed by atoms with Gasteiger partial charge in [0.2, 0.25) is 0 Å². The second-order valence-corrected chi connectivity index (χ2v) is 8.75. The highest BCUT2D eigenvalue weighted by molar-refractivity contribution is 5.84. The third-order valence-corrected chi connectivity index (χ3v) is 6.53. The van der Waals surface area contributed by atoms with E-state index in [4.69, 9.17) is 14.2 Å². The van der Waals surface area contributed by atoms with Gasteiger partial charge in [0.15, 0.2) is 17.3 Å². The van der Waals surface area contributed by atoms with Gasteiger partial charge in [0, 0.05) is 48.8 Å². The second kappa shape index (κ2) is 10.2. The fourth-order valence-corrected chi connectivity index (χ4v) is 4.63. The molecule has 0 bridgehead atoms. The molecule has 1 saturated heterocycles. The van der Waals surface area contributed by atoms with E-state index in [9.17, 15) is 13.2 Å². The third-order valence-electron chi connectivity index (χ3n) is 6.53. The lowest BCUT2D eigenvalue weighted by Gasteiger charge is -2.35. The molecule has 35 heavy (non-hydrogen) atoms. The van der Waals surface area contributed by atoms with Crippen LogP contribution in [0.3, 0.4) is 0 Å². The van der Waals surface area contributed by atoms with Crippen molar-refractivity contribution in [1.29, 1.82) is 0 Å². The molecule has 0 aliphatic carbocycles. The first kappa shape index (κ1) is 23.6. The van der Waals surface area contributed by atoms with Crippen LogP contribution < -0.4 is 19.5 Å². The van der Waals surface area contributed by atoms with E-state index in [2.05, 4.69) is 15.3 Å². The van der Waals surface area contributed by atoms with Crippen molar-refractivity contribution in [2.45, 2.75) is 31.6 Å². The largest absolute Gasteiger partial charge is 0.497 e. The molecule has 2 aliphatic rings. The van der Waals surface area contributed by atoms with Crippen LogP contribution in [0.4, 0.5) is 13.2 Å². The number of hydrogen-bond donors (Lipinski definition) is 1. The molecule has 0 radical (unpaired) electrons. The first-order valence-electron chi connectivity index (χ1n) is 11.7. The Kier molecular flexibility index (Phi) is 6.92. The number of ether oxygens (including phenoxy) is 3. The molecule has 2 aromatic heterocycles. The number of nitrogens with one attached hydrogen (secondary N) is 1. The van der Waals surface area contributed by atoms with Gasteiger partial charge in [-0.15, -0.1) is 0 Å². The lowest BCUT2D eigenvalue weighted by Crippen LogP contribution is -2.51. The van der Waals surface area contributed by atoms with E-state index in [-0.39, 0.29) is 18.1 Å². The Morgan fingerprint density at radius 2 is 1.91 bits per heavy atom. The van der Waals surface area contributed by atoms with Gasteiger partial charge in [0.1, 0.15) is 36.5 Å². The molecule has 0 amide bonds. The van der Waals surface area contributed by atoms with Crippen LogP contribution in [-0.4, -0.2) is 67.0 Å². The van der Waals surface area contributed by atoms with Crippen LogP contribution in [0.5, 0.6) is 17.2 Å². The summed E-state index contributed by atoms with van der Waals surface area (Å²) in [5.41, 5.74) is 1.21. The minimum Gasteiger partial charge on any atom is -0.497 e. The average molecular weight is 489 g/mol. The molecular weight excluding hydrogens is 461 g/mol. The molecule has 186 valence electrons. The Balaban J connectivity index is 1.18. The highest BCUT2D eigenvalue weighted by atomic mass is 19.1. The van der Waals surface area contributed by atoms with E-state index >= 15 is 0 Å².